The molecule has 88 valence electrons. The molecule has 1 aromatic heterocycles. The largest absolute Gasteiger partial charge is 0.496 e. The Hall–Kier alpha value is -1.95. The summed E-state index contributed by atoms with van der Waals surface area (Å²) in [6.45, 7) is 0. The van der Waals surface area contributed by atoms with Crippen molar-refractivity contribution in [2.45, 2.75) is 0 Å². The zero-order valence-electron chi connectivity index (χ0n) is 8.81. The number of methoxy groups -OCH3 is 1. The van der Waals surface area contributed by atoms with Crippen molar-refractivity contribution < 1.29 is 19.0 Å². The molecule has 0 aliphatic heterocycles. The lowest BCUT2D eigenvalue weighted by Crippen LogP contribution is -1.91. The van der Waals surface area contributed by atoms with E-state index in [-0.39, 0.29) is 15.4 Å². The summed E-state index contributed by atoms with van der Waals surface area (Å²) in [5.74, 6) is -1.24. The first-order valence-corrected chi connectivity index (χ1v) is 5.47. The van der Waals surface area contributed by atoms with Crippen LogP contribution in [0.2, 0.25) is 0 Å². The molecule has 0 amide bonds. The van der Waals surface area contributed by atoms with Gasteiger partial charge in [0.15, 0.2) is 0 Å². The van der Waals surface area contributed by atoms with Crippen LogP contribution in [0.5, 0.6) is 5.75 Å². The molecule has 0 unspecified atom stereocenters. The van der Waals surface area contributed by atoms with E-state index < -0.39 is 11.8 Å². The number of rotatable bonds is 3. The van der Waals surface area contributed by atoms with Gasteiger partial charge in [-0.1, -0.05) is 6.07 Å². The number of thiazole rings is 1. The fraction of sp³-hybridized carbons (Fsp3) is 0.0909. The van der Waals surface area contributed by atoms with Crippen molar-refractivity contribution in [2.75, 3.05) is 7.11 Å². The van der Waals surface area contributed by atoms with Crippen molar-refractivity contribution in [3.8, 4) is 16.3 Å². The van der Waals surface area contributed by atoms with E-state index in [0.29, 0.717) is 5.75 Å². The fourth-order valence-electron chi connectivity index (χ4n) is 1.37. The number of aromatic nitrogens is 1. The molecule has 17 heavy (non-hydrogen) atoms. The molecule has 0 fully saturated rings. The van der Waals surface area contributed by atoms with Crippen LogP contribution in [0.3, 0.4) is 0 Å². The normalized spacial score (nSPS) is 10.2. The van der Waals surface area contributed by atoms with Crippen LogP contribution in [0, 0.1) is 5.82 Å². The highest BCUT2D eigenvalue weighted by Crippen LogP contribution is 2.34. The number of carboxylic acids is 1. The Morgan fingerprint density at radius 2 is 2.29 bits per heavy atom. The van der Waals surface area contributed by atoms with Crippen LogP contribution in [0.25, 0.3) is 10.6 Å². The SMILES string of the molecule is COc1cccc(F)c1-c1ncc(C(=O)O)s1. The zero-order chi connectivity index (χ0) is 12.4. The van der Waals surface area contributed by atoms with Gasteiger partial charge in [-0.15, -0.1) is 11.3 Å². The van der Waals surface area contributed by atoms with Gasteiger partial charge in [0, 0.05) is 0 Å². The molecule has 0 aliphatic carbocycles. The van der Waals surface area contributed by atoms with Gasteiger partial charge < -0.3 is 9.84 Å². The lowest BCUT2D eigenvalue weighted by molar-refractivity contribution is 0.0702. The highest BCUT2D eigenvalue weighted by Gasteiger charge is 2.17. The van der Waals surface area contributed by atoms with Gasteiger partial charge in [-0.05, 0) is 12.1 Å². The second-order valence-electron chi connectivity index (χ2n) is 3.15. The smallest absolute Gasteiger partial charge is 0.347 e. The number of carbonyl (C=O) groups is 1. The monoisotopic (exact) mass is 253 g/mol. The van der Waals surface area contributed by atoms with Crippen molar-refractivity contribution in [2.24, 2.45) is 0 Å². The van der Waals surface area contributed by atoms with Crippen LogP contribution < -0.4 is 4.74 Å². The minimum absolute atomic E-state index is 0.0605. The number of hydrogen-bond acceptors (Lipinski definition) is 4. The van der Waals surface area contributed by atoms with Gasteiger partial charge in [0.2, 0.25) is 0 Å². The van der Waals surface area contributed by atoms with Crippen molar-refractivity contribution in [1.29, 1.82) is 0 Å². The molecule has 1 aromatic carbocycles. The Balaban J connectivity index is 2.55. The molecule has 0 saturated carbocycles. The Morgan fingerprint density at radius 1 is 1.53 bits per heavy atom. The minimum Gasteiger partial charge on any atom is -0.496 e. The third kappa shape index (κ3) is 2.12. The van der Waals surface area contributed by atoms with Gasteiger partial charge in [-0.25, -0.2) is 14.2 Å². The van der Waals surface area contributed by atoms with Crippen LogP contribution in [-0.2, 0) is 0 Å². The van der Waals surface area contributed by atoms with Crippen molar-refractivity contribution in [1.82, 2.24) is 4.98 Å². The Labute approximate surface area is 100 Å². The first kappa shape index (κ1) is 11.5. The Bertz CT molecular complexity index is 568. The van der Waals surface area contributed by atoms with Crippen molar-refractivity contribution >= 4 is 17.3 Å². The predicted octanol–water partition coefficient (Wildman–Crippen LogP) is 2.66. The maximum atomic E-state index is 13.7. The molecule has 2 rings (SSSR count). The number of aromatic carboxylic acids is 1. The Kier molecular flexibility index (Phi) is 3.06. The molecule has 1 N–H and O–H groups in total. The number of hydrogen-bond donors (Lipinski definition) is 1. The highest BCUT2D eigenvalue weighted by molar-refractivity contribution is 7.16. The molecule has 4 nitrogen and oxygen atoms in total. The van der Waals surface area contributed by atoms with Crippen LogP contribution >= 0.6 is 11.3 Å². The number of ether oxygens (including phenoxy) is 1. The molecule has 6 heteroatoms. The van der Waals surface area contributed by atoms with E-state index in [1.807, 2.05) is 0 Å². The van der Waals surface area contributed by atoms with Gasteiger partial charge in [0.05, 0.1) is 18.9 Å². The highest BCUT2D eigenvalue weighted by atomic mass is 32.1. The minimum atomic E-state index is -1.08. The molecule has 0 spiro atoms. The van der Waals surface area contributed by atoms with Crippen molar-refractivity contribution in [3.63, 3.8) is 0 Å². The summed E-state index contributed by atoms with van der Waals surface area (Å²) in [4.78, 5) is 14.7. The number of halogens is 1. The average molecular weight is 253 g/mol. The predicted molar refractivity (Wildman–Crippen MR) is 61.0 cm³/mol. The molecule has 0 saturated heterocycles. The van der Waals surface area contributed by atoms with Crippen LogP contribution in [0.15, 0.2) is 24.4 Å². The maximum Gasteiger partial charge on any atom is 0.347 e. The van der Waals surface area contributed by atoms with Crippen LogP contribution in [-0.4, -0.2) is 23.2 Å². The Morgan fingerprint density at radius 3 is 2.88 bits per heavy atom. The van der Waals surface area contributed by atoms with Gasteiger partial charge in [0.25, 0.3) is 0 Å². The summed E-state index contributed by atoms with van der Waals surface area (Å²) in [6.07, 6.45) is 1.20. The zero-order valence-corrected chi connectivity index (χ0v) is 9.62. The number of benzene rings is 1. The van der Waals surface area contributed by atoms with E-state index in [1.165, 1.54) is 25.4 Å². The summed E-state index contributed by atoms with van der Waals surface area (Å²) in [6, 6.07) is 4.39. The quantitative estimate of drug-likeness (QED) is 0.913. The molecule has 2 aromatic rings. The number of nitrogens with zero attached hydrogens (tertiary/aromatic N) is 1. The molecular formula is C11H8FNO3S. The van der Waals surface area contributed by atoms with Gasteiger partial charge in [0.1, 0.15) is 21.5 Å². The molecule has 0 atom stereocenters. The van der Waals surface area contributed by atoms with Crippen molar-refractivity contribution in [3.05, 3.63) is 35.1 Å². The maximum absolute atomic E-state index is 13.7. The number of carboxylic acid groups (broad SMARTS) is 1. The van der Waals surface area contributed by atoms with Crippen LogP contribution in [0.4, 0.5) is 4.39 Å². The van der Waals surface area contributed by atoms with E-state index in [9.17, 15) is 9.18 Å². The third-order valence-corrected chi connectivity index (χ3v) is 3.13. The first-order valence-electron chi connectivity index (χ1n) is 4.65. The first-order chi connectivity index (χ1) is 8.13. The fourth-order valence-corrected chi connectivity index (χ4v) is 2.18. The van der Waals surface area contributed by atoms with E-state index in [1.54, 1.807) is 6.07 Å². The third-order valence-electron chi connectivity index (χ3n) is 2.13. The topological polar surface area (TPSA) is 59.4 Å². The lowest BCUT2D eigenvalue weighted by atomic mass is 10.2. The second kappa shape index (κ2) is 4.50. The van der Waals surface area contributed by atoms with Gasteiger partial charge >= 0.3 is 5.97 Å². The molecule has 0 radical (unpaired) electrons. The molecule has 1 heterocycles. The summed E-state index contributed by atoms with van der Waals surface area (Å²) >= 11 is 0.907. The molecule has 0 aliphatic rings. The lowest BCUT2D eigenvalue weighted by Gasteiger charge is -2.06. The summed E-state index contributed by atoms with van der Waals surface area (Å²) in [7, 11) is 1.42. The second-order valence-corrected chi connectivity index (χ2v) is 4.18. The van der Waals surface area contributed by atoms with E-state index >= 15 is 0 Å². The molecular weight excluding hydrogens is 245 g/mol. The summed E-state index contributed by atoms with van der Waals surface area (Å²) in [5, 5.41) is 9.08. The van der Waals surface area contributed by atoms with Gasteiger partial charge in [-0.3, -0.25) is 0 Å². The summed E-state index contributed by atoms with van der Waals surface area (Å²) < 4.78 is 18.7. The molecule has 0 bridgehead atoms. The van der Waals surface area contributed by atoms with E-state index in [4.69, 9.17) is 9.84 Å². The van der Waals surface area contributed by atoms with E-state index in [2.05, 4.69) is 4.98 Å². The van der Waals surface area contributed by atoms with E-state index in [0.717, 1.165) is 11.3 Å². The standard InChI is InChI=1S/C11H8FNO3S/c1-16-7-4-2-3-6(12)9(7)10-13-5-8(17-10)11(14)15/h2-5H,1H3,(H,14,15). The average Bonchev–Trinajstić information content (AvgIpc) is 2.77. The van der Waals surface area contributed by atoms with Gasteiger partial charge in [-0.2, -0.15) is 0 Å². The van der Waals surface area contributed by atoms with Crippen LogP contribution in [0.1, 0.15) is 9.67 Å². The summed E-state index contributed by atoms with van der Waals surface area (Å²) in [5.41, 5.74) is 0.188.